The van der Waals surface area contributed by atoms with Gasteiger partial charge in [-0.3, -0.25) is 24.3 Å². The summed E-state index contributed by atoms with van der Waals surface area (Å²) in [5, 5.41) is 12.1. The number of rotatable bonds is 8. The zero-order valence-electron chi connectivity index (χ0n) is 27.1. The summed E-state index contributed by atoms with van der Waals surface area (Å²) in [4.78, 5) is 64.3. The molecule has 0 bridgehead atoms. The van der Waals surface area contributed by atoms with Gasteiger partial charge in [-0.1, -0.05) is 11.6 Å². The highest BCUT2D eigenvalue weighted by atomic mass is 35.5. The average Bonchev–Trinajstić information content (AvgIpc) is 3.48. The fourth-order valence-corrected chi connectivity index (χ4v) is 7.40. The number of hydrogen-bond acceptors (Lipinski definition) is 7. The van der Waals surface area contributed by atoms with Crippen molar-refractivity contribution in [3.05, 3.63) is 63.5 Å². The van der Waals surface area contributed by atoms with Crippen LogP contribution in [0.3, 0.4) is 0 Å². The largest absolute Gasteiger partial charge is 0.435 e. The summed E-state index contributed by atoms with van der Waals surface area (Å²) >= 11 is 6.48. The molecule has 17 heteroatoms. The van der Waals surface area contributed by atoms with Crippen molar-refractivity contribution in [3.63, 3.8) is 0 Å². The third-order valence-corrected chi connectivity index (χ3v) is 10.3. The first-order chi connectivity index (χ1) is 24.0. The first kappa shape index (κ1) is 34.0. The van der Waals surface area contributed by atoms with E-state index in [1.165, 1.54) is 24.4 Å². The third-order valence-electron chi connectivity index (χ3n) is 9.98. The fourth-order valence-electron chi connectivity index (χ4n) is 7.14. The van der Waals surface area contributed by atoms with Gasteiger partial charge in [0, 0.05) is 74.2 Å². The van der Waals surface area contributed by atoms with Gasteiger partial charge in [-0.2, -0.15) is 18.3 Å². The van der Waals surface area contributed by atoms with Crippen LogP contribution < -0.4 is 10.6 Å². The number of carbonyl (C=O) groups is 4. The summed E-state index contributed by atoms with van der Waals surface area (Å²) in [6, 6.07) is 4.62. The molecule has 5 heterocycles. The molecule has 4 fully saturated rings. The minimum absolute atomic E-state index is 0.0156. The van der Waals surface area contributed by atoms with Crippen molar-refractivity contribution >= 4 is 40.9 Å². The van der Waals surface area contributed by atoms with E-state index >= 15 is 0 Å². The van der Waals surface area contributed by atoms with Gasteiger partial charge in [0.2, 0.25) is 11.8 Å². The Kier molecular flexibility index (Phi) is 9.32. The molecule has 1 aromatic carbocycles. The highest BCUT2D eigenvalue weighted by Gasteiger charge is 2.45. The number of benzene rings is 1. The van der Waals surface area contributed by atoms with E-state index in [1.54, 1.807) is 9.80 Å². The Morgan fingerprint density at radius 2 is 1.70 bits per heavy atom. The van der Waals surface area contributed by atoms with Gasteiger partial charge in [-0.25, -0.2) is 4.98 Å². The van der Waals surface area contributed by atoms with E-state index in [-0.39, 0.29) is 75.2 Å². The zero-order chi connectivity index (χ0) is 35.2. The smallest absolute Gasteiger partial charge is 0.339 e. The van der Waals surface area contributed by atoms with Crippen molar-refractivity contribution in [2.75, 3.05) is 51.1 Å². The average molecular weight is 716 g/mol. The highest BCUT2D eigenvalue weighted by Crippen LogP contribution is 2.40. The second-order valence-corrected chi connectivity index (χ2v) is 13.7. The van der Waals surface area contributed by atoms with E-state index in [4.69, 9.17) is 11.6 Å². The summed E-state index contributed by atoms with van der Waals surface area (Å²) in [5.41, 5.74) is -0.385. The van der Waals surface area contributed by atoms with E-state index in [1.807, 2.05) is 4.90 Å². The van der Waals surface area contributed by atoms with Crippen molar-refractivity contribution < 1.29 is 32.3 Å². The molecule has 0 unspecified atom stereocenters. The number of alkyl halides is 3. The number of nitrogens with one attached hydrogen (secondary N) is 4. The van der Waals surface area contributed by atoms with E-state index in [9.17, 15) is 32.3 Å². The number of carbonyl (C=O) groups excluding carboxylic acids is 4. The molecule has 0 spiro atoms. The molecule has 3 aromatic rings. The minimum Gasteiger partial charge on any atom is -0.339 e. The Labute approximate surface area is 290 Å². The lowest BCUT2D eigenvalue weighted by atomic mass is 9.96. The van der Waals surface area contributed by atoms with Crippen LogP contribution in [0.1, 0.15) is 81.6 Å². The van der Waals surface area contributed by atoms with Gasteiger partial charge in [0.15, 0.2) is 11.5 Å². The number of aromatic nitrogens is 4. The Balaban J connectivity index is 0.978. The lowest BCUT2D eigenvalue weighted by molar-refractivity contribution is -0.142. The van der Waals surface area contributed by atoms with Crippen molar-refractivity contribution in [2.24, 2.45) is 5.92 Å². The zero-order valence-corrected chi connectivity index (χ0v) is 27.9. The van der Waals surface area contributed by atoms with Crippen molar-refractivity contribution in [1.29, 1.82) is 0 Å². The fraction of sp³-hybridized carbons (Fsp3) is 0.515. The van der Waals surface area contributed by atoms with Gasteiger partial charge >= 0.3 is 6.18 Å². The molecule has 50 heavy (non-hydrogen) atoms. The van der Waals surface area contributed by atoms with Crippen LogP contribution in [0.15, 0.2) is 24.4 Å². The molecule has 2 aromatic heterocycles. The van der Waals surface area contributed by atoms with Crippen LogP contribution >= 0.6 is 11.6 Å². The predicted molar refractivity (Wildman–Crippen MR) is 175 cm³/mol. The summed E-state index contributed by atoms with van der Waals surface area (Å²) < 4.78 is 41.8. The number of H-pyrrole nitrogens is 2. The first-order valence-electron chi connectivity index (χ1n) is 16.9. The Hall–Kier alpha value is -4.44. The molecule has 13 nitrogen and oxygen atoms in total. The van der Waals surface area contributed by atoms with Gasteiger partial charge in [-0.05, 0) is 63.4 Å². The van der Waals surface area contributed by atoms with Gasteiger partial charge in [-0.15, -0.1) is 0 Å². The SMILES string of the molecule is O=C(Nc1ccc(C(=O)N2CCN(C(=O)C3CCNCC3)CC2)c(Cl)c1)c1ncc(Cc2c(C(F)(F)F)n[nH]c2[C@@H]2CCN(C3CC3)C2=O)[nH]1. The summed E-state index contributed by atoms with van der Waals surface area (Å²) in [5.74, 6) is -1.91. The van der Waals surface area contributed by atoms with Gasteiger partial charge in [0.25, 0.3) is 11.8 Å². The summed E-state index contributed by atoms with van der Waals surface area (Å²) in [6.45, 7) is 3.80. The lowest BCUT2D eigenvalue weighted by Crippen LogP contribution is -2.52. The van der Waals surface area contributed by atoms with E-state index < -0.39 is 23.7 Å². The molecule has 1 aliphatic carbocycles. The molecule has 4 amide bonds. The summed E-state index contributed by atoms with van der Waals surface area (Å²) in [6.07, 6.45) is 0.0537. The van der Waals surface area contributed by atoms with E-state index in [0.29, 0.717) is 39.1 Å². The van der Waals surface area contributed by atoms with Crippen molar-refractivity contribution in [2.45, 2.75) is 56.7 Å². The topological polar surface area (TPSA) is 159 Å². The van der Waals surface area contributed by atoms with Crippen LogP contribution in [0.25, 0.3) is 0 Å². The monoisotopic (exact) mass is 715 g/mol. The van der Waals surface area contributed by atoms with Gasteiger partial charge in [0.1, 0.15) is 0 Å². The first-order valence-corrected chi connectivity index (χ1v) is 17.2. The summed E-state index contributed by atoms with van der Waals surface area (Å²) in [7, 11) is 0. The molecule has 266 valence electrons. The molecule has 4 aliphatic rings. The van der Waals surface area contributed by atoms with Crippen LogP contribution in [-0.4, -0.2) is 110 Å². The van der Waals surface area contributed by atoms with Crippen LogP contribution in [0, 0.1) is 5.92 Å². The molecular formula is C33H37ClF3N9O4. The number of amides is 4. The van der Waals surface area contributed by atoms with Crippen LogP contribution in [0.2, 0.25) is 5.02 Å². The Morgan fingerprint density at radius 1 is 0.980 bits per heavy atom. The molecule has 1 atom stereocenters. The van der Waals surface area contributed by atoms with Crippen molar-refractivity contribution in [3.8, 4) is 0 Å². The maximum Gasteiger partial charge on any atom is 0.435 e. The number of piperazine rings is 1. The standard InChI is InChI=1S/C33H37ClF3N9O4/c34-25-16-19(1-4-22(25)31(49)45-13-11-44(12-14-45)30(48)18-5-8-38-9-6-18)41-29(47)28-39-17-20(40-28)15-24-26(42-43-27(24)33(35,36)37)23-7-10-46(32(23)50)21-2-3-21/h1,4,16-18,21,23,38H,2-3,5-15H2,(H,39,40)(H,41,47)(H,42,43)/t23-/m0/s1. The number of piperidine rings is 1. The highest BCUT2D eigenvalue weighted by molar-refractivity contribution is 6.34. The number of hydrogen-bond donors (Lipinski definition) is 4. The number of anilines is 1. The molecule has 3 aliphatic heterocycles. The number of nitrogens with zero attached hydrogens (tertiary/aromatic N) is 5. The maximum atomic E-state index is 13.9. The normalized spacial score (nSPS) is 20.4. The van der Waals surface area contributed by atoms with Crippen LogP contribution in [0.4, 0.5) is 18.9 Å². The molecule has 0 radical (unpaired) electrons. The lowest BCUT2D eigenvalue weighted by Gasteiger charge is -2.37. The van der Waals surface area contributed by atoms with E-state index in [0.717, 1.165) is 38.8 Å². The maximum absolute atomic E-state index is 13.9. The molecule has 3 saturated heterocycles. The predicted octanol–water partition coefficient (Wildman–Crippen LogP) is 3.41. The third kappa shape index (κ3) is 6.95. The molecule has 1 saturated carbocycles. The number of halogens is 4. The molecule has 4 N–H and O–H groups in total. The molecular weight excluding hydrogens is 679 g/mol. The quantitative estimate of drug-likeness (QED) is 0.278. The Morgan fingerprint density at radius 3 is 2.38 bits per heavy atom. The number of imidazole rings is 1. The van der Waals surface area contributed by atoms with E-state index in [2.05, 4.69) is 30.8 Å². The molecule has 7 rings (SSSR count). The minimum atomic E-state index is -4.75. The number of likely N-dealkylation sites (tertiary alicyclic amines) is 1. The van der Waals surface area contributed by atoms with Crippen LogP contribution in [0.5, 0.6) is 0 Å². The van der Waals surface area contributed by atoms with Crippen molar-refractivity contribution in [1.82, 2.24) is 40.2 Å². The van der Waals surface area contributed by atoms with Crippen LogP contribution in [-0.2, 0) is 22.2 Å². The van der Waals surface area contributed by atoms with Gasteiger partial charge in [0.05, 0.1) is 22.2 Å². The second kappa shape index (κ2) is 13.7. The van der Waals surface area contributed by atoms with Gasteiger partial charge < -0.3 is 30.3 Å². The number of aromatic amines is 2. The Bertz CT molecular complexity index is 1790. The second-order valence-electron chi connectivity index (χ2n) is 13.3.